The smallest absolute Gasteiger partial charge is 0.234 e. The van der Waals surface area contributed by atoms with Gasteiger partial charge in [-0.15, -0.1) is 0 Å². The van der Waals surface area contributed by atoms with Crippen molar-refractivity contribution in [3.8, 4) is 23.1 Å². The molecule has 0 amide bonds. The zero-order valence-electron chi connectivity index (χ0n) is 28.7. The number of piperazine rings is 1. The van der Waals surface area contributed by atoms with Crippen LogP contribution in [-0.2, 0) is 6.54 Å². The van der Waals surface area contributed by atoms with E-state index in [4.69, 9.17) is 21.0 Å². The molecular weight excluding hydrogens is 598 g/mol. The highest BCUT2D eigenvalue weighted by atomic mass is 15.5. The molecule has 1 aromatic carbocycles. The number of hydrogen-bond donors (Lipinski definition) is 2. The summed E-state index contributed by atoms with van der Waals surface area (Å²) < 4.78 is 2.06. The quantitative estimate of drug-likeness (QED) is 0.172. The first-order valence-corrected chi connectivity index (χ1v) is 16.5. The molecule has 11 heteroatoms. The Labute approximate surface area is 283 Å². The molecule has 11 nitrogen and oxygen atoms in total. The molecule has 248 valence electrons. The van der Waals surface area contributed by atoms with Crippen molar-refractivity contribution >= 4 is 28.4 Å². The van der Waals surface area contributed by atoms with Gasteiger partial charge in [0.05, 0.1) is 11.3 Å². The number of hydrogen-bond acceptors (Lipinski definition) is 10. The molecule has 6 rings (SSSR count). The van der Waals surface area contributed by atoms with Gasteiger partial charge in [-0.1, -0.05) is 58.1 Å². The third kappa shape index (κ3) is 8.28. The number of aromatic nitrogens is 6. The molecular formula is C37H45N11. The number of anilines is 2. The maximum Gasteiger partial charge on any atom is 0.234 e. The van der Waals surface area contributed by atoms with Crippen LogP contribution in [0.4, 0.5) is 11.6 Å². The van der Waals surface area contributed by atoms with Crippen LogP contribution < -0.4 is 11.2 Å². The summed E-state index contributed by atoms with van der Waals surface area (Å²) in [4.78, 5) is 24.9. The van der Waals surface area contributed by atoms with E-state index in [0.29, 0.717) is 17.5 Å². The van der Waals surface area contributed by atoms with Gasteiger partial charge in [0, 0.05) is 56.9 Å². The van der Waals surface area contributed by atoms with Crippen molar-refractivity contribution in [2.45, 2.75) is 48.1 Å². The Balaban J connectivity index is 0.00000125. The molecule has 4 aromatic heterocycles. The summed E-state index contributed by atoms with van der Waals surface area (Å²) >= 11 is 0. The van der Waals surface area contributed by atoms with E-state index in [1.165, 1.54) is 5.56 Å². The molecule has 1 fully saturated rings. The standard InChI is InChI=1S/C33H33N11.2C2H6/c1-3-6-24(4-2)27-12-13-28-33(38-27)44(32(39-28)26-7-5-15-37-31(26)35)25-10-8-23(9-11-25)22-42-17-19-43(20-18-42)41-29-14-16-36-30(21-34)40-29;2*1-2/h3-16H,17-20,22H2,1-2H3,(H2,35,37)(H,36,40,41);2*1-2H3/b6-3-,24-4+;;. The lowest BCUT2D eigenvalue weighted by molar-refractivity contribution is 0.146. The minimum atomic E-state index is 0.157. The molecule has 1 aliphatic rings. The van der Waals surface area contributed by atoms with Crippen molar-refractivity contribution in [3.63, 3.8) is 0 Å². The summed E-state index contributed by atoms with van der Waals surface area (Å²) in [6.07, 6.45) is 9.40. The van der Waals surface area contributed by atoms with Crippen LogP contribution in [0, 0.1) is 11.3 Å². The van der Waals surface area contributed by atoms with E-state index in [1.807, 2.05) is 78.0 Å². The molecule has 0 saturated carbocycles. The zero-order chi connectivity index (χ0) is 34.5. The Morgan fingerprint density at radius 3 is 2.31 bits per heavy atom. The molecule has 0 aliphatic carbocycles. The van der Waals surface area contributed by atoms with Crippen molar-refractivity contribution in [1.29, 1.82) is 5.26 Å². The maximum absolute atomic E-state index is 9.05. The Hall–Kier alpha value is -5.44. The number of nitrogens with zero attached hydrogens (tertiary/aromatic N) is 9. The Kier molecular flexibility index (Phi) is 12.9. The molecule has 1 aliphatic heterocycles. The van der Waals surface area contributed by atoms with Gasteiger partial charge in [-0.3, -0.25) is 9.47 Å². The van der Waals surface area contributed by atoms with Crippen LogP contribution >= 0.6 is 0 Å². The van der Waals surface area contributed by atoms with Gasteiger partial charge in [0.1, 0.15) is 23.2 Å². The van der Waals surface area contributed by atoms with Gasteiger partial charge in [0.25, 0.3) is 0 Å². The van der Waals surface area contributed by atoms with Gasteiger partial charge in [-0.05, 0) is 61.4 Å². The molecule has 0 spiro atoms. The van der Waals surface area contributed by atoms with E-state index in [2.05, 4.69) is 71.3 Å². The van der Waals surface area contributed by atoms with Gasteiger partial charge < -0.3 is 11.2 Å². The van der Waals surface area contributed by atoms with E-state index >= 15 is 0 Å². The molecule has 0 bridgehead atoms. The zero-order valence-corrected chi connectivity index (χ0v) is 28.7. The van der Waals surface area contributed by atoms with Crippen LogP contribution in [0.15, 0.2) is 85.2 Å². The Morgan fingerprint density at radius 2 is 1.65 bits per heavy atom. The number of nitrogen functional groups attached to an aromatic ring is 1. The highest BCUT2D eigenvalue weighted by Gasteiger charge is 2.20. The number of imidazole rings is 1. The molecule has 3 N–H and O–H groups in total. The second-order valence-electron chi connectivity index (χ2n) is 10.4. The SMILES string of the molecule is C/C=C\C(=C/C)c1ccc2nc(-c3cccnc3N)n(-c3ccc(CN4CCN(Nc5ccnc(C#N)n5)CC4)cc3)c2n1.CC.CC. The molecule has 5 heterocycles. The third-order valence-corrected chi connectivity index (χ3v) is 7.54. The summed E-state index contributed by atoms with van der Waals surface area (Å²) in [6, 6.07) is 20.1. The summed E-state index contributed by atoms with van der Waals surface area (Å²) in [6.45, 7) is 16.3. The van der Waals surface area contributed by atoms with E-state index < -0.39 is 0 Å². The number of nitrogens with one attached hydrogen (secondary N) is 1. The fraction of sp³-hybridized carbons (Fsp3) is 0.297. The van der Waals surface area contributed by atoms with Crippen LogP contribution in [0.3, 0.4) is 0 Å². The predicted octanol–water partition coefficient (Wildman–Crippen LogP) is 6.90. The monoisotopic (exact) mass is 643 g/mol. The van der Waals surface area contributed by atoms with Crippen molar-refractivity contribution in [1.82, 2.24) is 39.4 Å². The number of rotatable bonds is 8. The fourth-order valence-electron chi connectivity index (χ4n) is 5.32. The third-order valence-electron chi connectivity index (χ3n) is 7.54. The summed E-state index contributed by atoms with van der Waals surface area (Å²) in [5.74, 6) is 1.91. The molecule has 48 heavy (non-hydrogen) atoms. The molecule has 0 radical (unpaired) electrons. The van der Waals surface area contributed by atoms with Crippen LogP contribution in [-0.4, -0.2) is 65.6 Å². The van der Waals surface area contributed by atoms with Crippen LogP contribution in [0.5, 0.6) is 0 Å². The summed E-state index contributed by atoms with van der Waals surface area (Å²) in [5, 5.41) is 11.2. The lowest BCUT2D eigenvalue weighted by Gasteiger charge is -2.34. The van der Waals surface area contributed by atoms with Crippen LogP contribution in [0.2, 0.25) is 0 Å². The second kappa shape index (κ2) is 17.5. The lowest BCUT2D eigenvalue weighted by Crippen LogP contribution is -2.48. The number of hydrazine groups is 1. The van der Waals surface area contributed by atoms with Gasteiger partial charge >= 0.3 is 0 Å². The highest BCUT2D eigenvalue weighted by Crippen LogP contribution is 2.31. The minimum Gasteiger partial charge on any atom is -0.383 e. The Bertz CT molecular complexity index is 1880. The predicted molar refractivity (Wildman–Crippen MR) is 195 cm³/mol. The highest BCUT2D eigenvalue weighted by molar-refractivity contribution is 5.85. The number of allylic oxidation sites excluding steroid dienone is 4. The van der Waals surface area contributed by atoms with Gasteiger partial charge in [0.15, 0.2) is 11.5 Å². The maximum atomic E-state index is 9.05. The first-order valence-electron chi connectivity index (χ1n) is 16.5. The Morgan fingerprint density at radius 1 is 0.896 bits per heavy atom. The van der Waals surface area contributed by atoms with Crippen molar-refractivity contribution < 1.29 is 0 Å². The van der Waals surface area contributed by atoms with E-state index in [0.717, 1.165) is 66.4 Å². The summed E-state index contributed by atoms with van der Waals surface area (Å²) in [7, 11) is 0. The molecule has 5 aromatic rings. The topological polar surface area (TPSA) is 138 Å². The van der Waals surface area contributed by atoms with E-state index in [-0.39, 0.29) is 5.82 Å². The fourth-order valence-corrected chi connectivity index (χ4v) is 5.32. The first-order chi connectivity index (χ1) is 23.6. The van der Waals surface area contributed by atoms with Gasteiger partial charge in [-0.25, -0.2) is 29.9 Å². The largest absolute Gasteiger partial charge is 0.383 e. The molecule has 1 saturated heterocycles. The second-order valence-corrected chi connectivity index (χ2v) is 10.4. The molecule has 0 unspecified atom stereocenters. The average molecular weight is 644 g/mol. The van der Waals surface area contributed by atoms with Crippen LogP contribution in [0.1, 0.15) is 58.6 Å². The van der Waals surface area contributed by atoms with Gasteiger partial charge in [0.2, 0.25) is 5.82 Å². The lowest BCUT2D eigenvalue weighted by atomic mass is 10.1. The van der Waals surface area contributed by atoms with Crippen molar-refractivity contribution in [2.75, 3.05) is 37.3 Å². The number of fused-ring (bicyclic) bond motifs is 1. The van der Waals surface area contributed by atoms with Crippen LogP contribution in [0.25, 0.3) is 33.8 Å². The number of nitrogens with two attached hydrogens (primary N) is 1. The van der Waals surface area contributed by atoms with E-state index in [9.17, 15) is 0 Å². The minimum absolute atomic E-state index is 0.157. The number of nitriles is 1. The first kappa shape index (κ1) is 35.4. The molecule has 0 atom stereocenters. The average Bonchev–Trinajstić information content (AvgIpc) is 3.52. The van der Waals surface area contributed by atoms with Crippen molar-refractivity contribution in [3.05, 3.63) is 102 Å². The normalized spacial score (nSPS) is 13.7. The summed E-state index contributed by atoms with van der Waals surface area (Å²) in [5.41, 5.74) is 16.0. The van der Waals surface area contributed by atoms with Gasteiger partial charge in [-0.2, -0.15) is 5.26 Å². The van der Waals surface area contributed by atoms with E-state index in [1.54, 1.807) is 18.5 Å². The number of pyridine rings is 2. The van der Waals surface area contributed by atoms with Crippen molar-refractivity contribution in [2.24, 2.45) is 0 Å². The number of benzene rings is 1.